The molecule has 2 atom stereocenters. The number of hydrogen-bond acceptors (Lipinski definition) is 3. The van der Waals surface area contributed by atoms with Crippen molar-refractivity contribution in [3.63, 3.8) is 0 Å². The van der Waals surface area contributed by atoms with Gasteiger partial charge in [-0.05, 0) is 73.7 Å². The van der Waals surface area contributed by atoms with Gasteiger partial charge in [-0.3, -0.25) is 0 Å². The molecule has 2 rings (SSSR count). The van der Waals surface area contributed by atoms with E-state index in [0.29, 0.717) is 31.3 Å². The molecule has 0 unspecified atom stereocenters. The normalized spacial score (nSPS) is 25.8. The van der Waals surface area contributed by atoms with Gasteiger partial charge in [0.15, 0.2) is 0 Å². The fraction of sp³-hybridized carbons (Fsp3) is 0.556. The minimum atomic E-state index is -2.97. The first-order chi connectivity index (χ1) is 16.7. The van der Waals surface area contributed by atoms with Gasteiger partial charge in [-0.2, -0.15) is 0 Å². The van der Waals surface area contributed by atoms with Gasteiger partial charge in [-0.15, -0.1) is 0 Å². The number of aliphatic hydroxyl groups excluding tert-OH is 2. The summed E-state index contributed by atoms with van der Waals surface area (Å²) < 4.78 is 44.8. The first-order valence-electron chi connectivity index (χ1n) is 14.0. The minimum absolute atomic E-state index is 0.299. The third-order valence-electron chi connectivity index (χ3n) is 5.57. The smallest absolute Gasteiger partial charge is 0.0811 e. The van der Waals surface area contributed by atoms with Crippen molar-refractivity contribution in [1.82, 2.24) is 0 Å². The lowest BCUT2D eigenvalue weighted by atomic mass is 9.85. The molecular formula is C27H40O3. The van der Waals surface area contributed by atoms with Crippen molar-refractivity contribution in [3.05, 3.63) is 65.3 Å². The predicted octanol–water partition coefficient (Wildman–Crippen LogP) is 5.74. The van der Waals surface area contributed by atoms with Crippen molar-refractivity contribution >= 4 is 5.57 Å². The maximum atomic E-state index is 10.4. The highest BCUT2D eigenvalue weighted by atomic mass is 16.3. The first-order valence-corrected chi connectivity index (χ1v) is 11.0. The van der Waals surface area contributed by atoms with Crippen LogP contribution in [0.4, 0.5) is 0 Å². The van der Waals surface area contributed by atoms with Crippen molar-refractivity contribution in [1.29, 1.82) is 0 Å². The Kier molecular flexibility index (Phi) is 6.58. The first kappa shape index (κ1) is 16.9. The number of benzene rings is 1. The molecule has 1 aromatic rings. The average molecular weight is 419 g/mol. The third kappa shape index (κ3) is 8.22. The Morgan fingerprint density at radius 2 is 2.07 bits per heavy atom. The zero-order valence-electron chi connectivity index (χ0n) is 24.0. The Morgan fingerprint density at radius 1 is 1.27 bits per heavy atom. The maximum Gasteiger partial charge on any atom is 0.0811 e. The highest BCUT2D eigenvalue weighted by Gasteiger charge is 2.24. The molecule has 0 heterocycles. The van der Waals surface area contributed by atoms with Gasteiger partial charge in [-0.1, -0.05) is 69.2 Å². The summed E-state index contributed by atoms with van der Waals surface area (Å²) in [7, 11) is 0. The Balaban J connectivity index is 2.04. The second-order valence-corrected chi connectivity index (χ2v) is 8.39. The van der Waals surface area contributed by atoms with Crippen molar-refractivity contribution in [2.45, 2.75) is 96.2 Å². The van der Waals surface area contributed by atoms with E-state index in [4.69, 9.17) is 8.22 Å². The van der Waals surface area contributed by atoms with Crippen molar-refractivity contribution in [3.8, 4) is 0 Å². The van der Waals surface area contributed by atoms with E-state index in [1.54, 1.807) is 0 Å². The molecule has 166 valence electrons. The summed E-state index contributed by atoms with van der Waals surface area (Å²) >= 11 is 0. The molecule has 0 radical (unpaired) electrons. The largest absolute Gasteiger partial charge is 0.393 e. The number of allylic oxidation sites excluding steroid dienone is 3. The monoisotopic (exact) mass is 418 g/mol. The van der Waals surface area contributed by atoms with Gasteiger partial charge in [0.05, 0.1) is 17.8 Å². The molecule has 3 heteroatoms. The van der Waals surface area contributed by atoms with Gasteiger partial charge in [0.1, 0.15) is 0 Å². The van der Waals surface area contributed by atoms with Crippen LogP contribution in [-0.2, 0) is 6.42 Å². The lowest BCUT2D eigenvalue weighted by molar-refractivity contribution is 0.0680. The van der Waals surface area contributed by atoms with Crippen molar-refractivity contribution < 1.29 is 23.5 Å². The number of aliphatic hydroxyl groups is 3. The van der Waals surface area contributed by atoms with Gasteiger partial charge >= 0.3 is 0 Å². The Bertz CT molecular complexity index is 932. The fourth-order valence-electron chi connectivity index (χ4n) is 3.87. The van der Waals surface area contributed by atoms with E-state index in [9.17, 15) is 15.3 Å². The molecule has 1 aromatic carbocycles. The standard InChI is InChI=1S/C27H40O3/c1-5-10-22(14-15-23-18-25(28)19-26(29)20(23)2)24-13-9-12-21(17-24)11-7-6-8-16-27(3,4)30/h9,12-15,17,25-26,28-30H,2,5-8,10-11,16,18-19H2,1,3-4H3/b22-14+,23-15?/t25-,26+/m1/s1/i3D3,4D3. The zero-order valence-corrected chi connectivity index (χ0v) is 18.0. The van der Waals surface area contributed by atoms with Gasteiger partial charge in [-0.25, -0.2) is 0 Å². The van der Waals surface area contributed by atoms with Crippen LogP contribution in [0.15, 0.2) is 54.1 Å². The number of hydrogen-bond donors (Lipinski definition) is 3. The Morgan fingerprint density at radius 3 is 2.80 bits per heavy atom. The molecule has 1 saturated carbocycles. The van der Waals surface area contributed by atoms with Crippen molar-refractivity contribution in [2.24, 2.45) is 0 Å². The fourth-order valence-corrected chi connectivity index (χ4v) is 3.87. The van der Waals surface area contributed by atoms with E-state index in [1.807, 2.05) is 24.3 Å². The molecule has 30 heavy (non-hydrogen) atoms. The van der Waals surface area contributed by atoms with Crippen molar-refractivity contribution in [2.75, 3.05) is 0 Å². The van der Waals surface area contributed by atoms with Crippen LogP contribution in [0.25, 0.3) is 5.57 Å². The van der Waals surface area contributed by atoms with Crippen LogP contribution in [0, 0.1) is 0 Å². The van der Waals surface area contributed by atoms with Crippen LogP contribution < -0.4 is 0 Å². The highest BCUT2D eigenvalue weighted by molar-refractivity contribution is 5.68. The topological polar surface area (TPSA) is 60.7 Å². The van der Waals surface area contributed by atoms with Gasteiger partial charge in [0.2, 0.25) is 0 Å². The zero-order chi connectivity index (χ0) is 27.1. The highest BCUT2D eigenvalue weighted by Crippen LogP contribution is 2.29. The number of aryl methyl sites for hydroxylation is 1. The van der Waals surface area contributed by atoms with Gasteiger partial charge in [0.25, 0.3) is 0 Å². The second-order valence-electron chi connectivity index (χ2n) is 8.39. The summed E-state index contributed by atoms with van der Waals surface area (Å²) in [6.45, 7) is 0.148. The second kappa shape index (κ2) is 11.6. The molecule has 0 aliphatic heterocycles. The summed E-state index contributed by atoms with van der Waals surface area (Å²) in [5.41, 5.74) is 2.19. The average Bonchev–Trinajstić information content (AvgIpc) is 2.77. The molecule has 1 fully saturated rings. The SMILES string of the molecule is [2H]C([2H])([2H])C(O)(CCCCCc1cccc(/C(=C/C=C2C[C@@H](O)C[C@H](O)C2=C)CCC)c1)C([2H])([2H])[2H]. The molecular weight excluding hydrogens is 372 g/mol. The molecule has 1 aliphatic carbocycles. The van der Waals surface area contributed by atoms with E-state index in [1.165, 1.54) is 0 Å². The molecule has 0 aromatic heterocycles. The maximum absolute atomic E-state index is 10.4. The van der Waals surface area contributed by atoms with Crippen LogP contribution in [0.5, 0.6) is 0 Å². The molecule has 3 N–H and O–H groups in total. The van der Waals surface area contributed by atoms with Crippen LogP contribution in [0.3, 0.4) is 0 Å². The predicted molar refractivity (Wildman–Crippen MR) is 126 cm³/mol. The van der Waals surface area contributed by atoms with Gasteiger partial charge < -0.3 is 15.3 Å². The quantitative estimate of drug-likeness (QED) is 0.424. The Labute approximate surface area is 191 Å². The summed E-state index contributed by atoms with van der Waals surface area (Å²) in [5.74, 6) is 0. The molecule has 3 nitrogen and oxygen atoms in total. The van der Waals surface area contributed by atoms with Crippen LogP contribution in [0.1, 0.15) is 91.3 Å². The van der Waals surface area contributed by atoms with Crippen LogP contribution in [0.2, 0.25) is 0 Å². The van der Waals surface area contributed by atoms with E-state index in [2.05, 4.69) is 25.6 Å². The Hall–Kier alpha value is -1.68. The van der Waals surface area contributed by atoms with Gasteiger partial charge in [0, 0.05) is 14.6 Å². The van der Waals surface area contributed by atoms with Crippen LogP contribution in [-0.4, -0.2) is 33.1 Å². The van der Waals surface area contributed by atoms with E-state index >= 15 is 0 Å². The summed E-state index contributed by atoms with van der Waals surface area (Å²) in [6, 6.07) is 8.20. The molecule has 0 saturated heterocycles. The lowest BCUT2D eigenvalue weighted by Gasteiger charge is -2.26. The van der Waals surface area contributed by atoms with E-state index < -0.39 is 31.5 Å². The number of rotatable bonds is 10. The molecule has 1 aliphatic rings. The van der Waals surface area contributed by atoms with E-state index in [-0.39, 0.29) is 6.42 Å². The minimum Gasteiger partial charge on any atom is -0.393 e. The summed E-state index contributed by atoms with van der Waals surface area (Å²) in [4.78, 5) is 0. The molecule has 0 spiro atoms. The molecule has 0 amide bonds. The summed E-state index contributed by atoms with van der Waals surface area (Å²) in [6.07, 6.45) is 7.43. The lowest BCUT2D eigenvalue weighted by Crippen LogP contribution is -2.26. The molecule has 0 bridgehead atoms. The summed E-state index contributed by atoms with van der Waals surface area (Å²) in [5, 5.41) is 30.5. The third-order valence-corrected chi connectivity index (χ3v) is 5.57. The van der Waals surface area contributed by atoms with E-state index in [0.717, 1.165) is 48.0 Å². The number of unbranched alkanes of at least 4 members (excludes halogenated alkanes) is 2. The van der Waals surface area contributed by atoms with Crippen LogP contribution >= 0.6 is 0 Å².